The normalized spacial score (nSPS) is 24.4. The van der Waals surface area contributed by atoms with Crippen LogP contribution in [-0.2, 0) is 28.7 Å². The topological polar surface area (TPSA) is 148 Å². The summed E-state index contributed by atoms with van der Waals surface area (Å²) in [5.41, 5.74) is 4.24. The van der Waals surface area contributed by atoms with Gasteiger partial charge in [-0.15, -0.1) is 23.1 Å². The zero-order chi connectivity index (χ0) is 21.3. The average Bonchev–Trinajstić information content (AvgIpc) is 3.23. The maximum absolute atomic E-state index is 12.9. The average molecular weight is 441 g/mol. The molecule has 2 unspecified atom stereocenters. The summed E-state index contributed by atoms with van der Waals surface area (Å²) in [6.07, 6.45) is 0. The van der Waals surface area contributed by atoms with Crippen molar-refractivity contribution in [1.29, 1.82) is 0 Å². The van der Waals surface area contributed by atoms with E-state index in [1.165, 1.54) is 37.1 Å². The number of methoxy groups -OCH3 is 1. The molecule has 1 saturated heterocycles. The molecule has 1 aromatic heterocycles. The highest BCUT2D eigenvalue weighted by Crippen LogP contribution is 2.46. The molecule has 0 spiro atoms. The van der Waals surface area contributed by atoms with Crippen LogP contribution >= 0.6 is 23.1 Å². The summed E-state index contributed by atoms with van der Waals surface area (Å²) in [6, 6.07) is 2.46. The van der Waals surface area contributed by atoms with Gasteiger partial charge in [-0.25, -0.2) is 4.79 Å². The van der Waals surface area contributed by atoms with Crippen LogP contribution in [0.4, 0.5) is 0 Å². The quantitative estimate of drug-likeness (QED) is 0.302. The van der Waals surface area contributed by atoms with Crippen LogP contribution in [0.3, 0.4) is 0 Å². The van der Waals surface area contributed by atoms with Crippen molar-refractivity contribution in [2.45, 2.75) is 24.1 Å². The molecule has 12 heteroatoms. The van der Waals surface area contributed by atoms with Crippen molar-refractivity contribution < 1.29 is 33.8 Å². The third kappa shape index (κ3) is 3.64. The first-order chi connectivity index (χ1) is 13.7. The highest BCUT2D eigenvalue weighted by Gasteiger charge is 2.66. The number of fused-ring (bicyclic) bond motifs is 1. The number of hydrogen-bond acceptors (Lipinski definition) is 9. The van der Waals surface area contributed by atoms with Gasteiger partial charge in [0.15, 0.2) is 0 Å². The standard InChI is InChI=1S/C17H19N3O7S2/c1-8(21)27-6-9-7-29-16-17(26-2,15(25)20(16)12(9)14(23)24)19-13(22)11(18)10-4-3-5-28-10/h3-5,11,16H,6-7,18H2,1-2H3,(H,19,22)(H,23,24)/t11?,16?,17-/m1/s1. The number of esters is 1. The van der Waals surface area contributed by atoms with Crippen LogP contribution in [0.15, 0.2) is 28.8 Å². The van der Waals surface area contributed by atoms with E-state index in [0.29, 0.717) is 4.88 Å². The van der Waals surface area contributed by atoms with E-state index in [-0.39, 0.29) is 23.6 Å². The molecular formula is C17H19N3O7S2. The van der Waals surface area contributed by atoms with Crippen LogP contribution in [0.1, 0.15) is 17.8 Å². The Morgan fingerprint density at radius 3 is 2.76 bits per heavy atom. The van der Waals surface area contributed by atoms with Crippen LogP contribution < -0.4 is 11.1 Å². The molecule has 2 aliphatic rings. The molecule has 3 atom stereocenters. The molecule has 156 valence electrons. The van der Waals surface area contributed by atoms with Crippen LogP contribution in [0.2, 0.25) is 0 Å². The van der Waals surface area contributed by atoms with E-state index in [2.05, 4.69) is 5.32 Å². The highest BCUT2D eigenvalue weighted by molar-refractivity contribution is 8.00. The Labute approximate surface area is 174 Å². The third-order valence-corrected chi connectivity index (χ3v) is 6.85. The van der Waals surface area contributed by atoms with Crippen molar-refractivity contribution in [2.24, 2.45) is 5.73 Å². The Morgan fingerprint density at radius 2 is 2.21 bits per heavy atom. The van der Waals surface area contributed by atoms with Gasteiger partial charge in [-0.3, -0.25) is 19.3 Å². The van der Waals surface area contributed by atoms with Gasteiger partial charge in [-0.05, 0) is 11.4 Å². The first-order valence-electron chi connectivity index (χ1n) is 8.43. The molecular weight excluding hydrogens is 422 g/mol. The molecule has 4 N–H and O–H groups in total. The predicted octanol–water partition coefficient (Wildman–Crippen LogP) is 0.0237. The van der Waals surface area contributed by atoms with Crippen molar-refractivity contribution in [3.05, 3.63) is 33.7 Å². The molecule has 10 nitrogen and oxygen atoms in total. The van der Waals surface area contributed by atoms with Crippen molar-refractivity contribution in [1.82, 2.24) is 10.2 Å². The molecule has 0 radical (unpaired) electrons. The SMILES string of the molecule is CO[C@]1(NC(=O)C(N)c2cccs2)C(=O)N2C(C(=O)O)=C(COC(C)=O)CSC21. The number of amides is 2. The monoisotopic (exact) mass is 441 g/mol. The Hall–Kier alpha value is -2.41. The van der Waals surface area contributed by atoms with E-state index < -0.39 is 40.9 Å². The lowest BCUT2D eigenvalue weighted by Crippen LogP contribution is -2.81. The second-order valence-electron chi connectivity index (χ2n) is 6.30. The van der Waals surface area contributed by atoms with Crippen LogP contribution in [0.5, 0.6) is 0 Å². The summed E-state index contributed by atoms with van der Waals surface area (Å²) in [4.78, 5) is 50.0. The number of nitrogens with zero attached hydrogens (tertiary/aromatic N) is 1. The van der Waals surface area contributed by atoms with E-state index in [9.17, 15) is 24.3 Å². The maximum Gasteiger partial charge on any atom is 0.352 e. The van der Waals surface area contributed by atoms with Crippen LogP contribution in [0, 0.1) is 0 Å². The third-order valence-electron chi connectivity index (χ3n) is 4.53. The fraction of sp³-hybridized carbons (Fsp3) is 0.412. The summed E-state index contributed by atoms with van der Waals surface area (Å²) in [5.74, 6) is -3.07. The Bertz CT molecular complexity index is 886. The number of hydrogen-bond donors (Lipinski definition) is 3. The van der Waals surface area contributed by atoms with E-state index in [1.54, 1.807) is 17.5 Å². The minimum Gasteiger partial charge on any atom is -0.477 e. The van der Waals surface area contributed by atoms with E-state index in [4.69, 9.17) is 15.2 Å². The number of carboxylic acids is 1. The summed E-state index contributed by atoms with van der Waals surface area (Å²) < 4.78 is 10.3. The Kier molecular flexibility index (Phi) is 5.98. The van der Waals surface area contributed by atoms with Crippen LogP contribution in [-0.4, -0.2) is 64.3 Å². The highest BCUT2D eigenvalue weighted by atomic mass is 32.2. The van der Waals surface area contributed by atoms with Gasteiger partial charge in [0.25, 0.3) is 11.6 Å². The molecule has 2 aliphatic heterocycles. The molecule has 0 bridgehead atoms. The van der Waals surface area contributed by atoms with Gasteiger partial charge < -0.3 is 25.6 Å². The Balaban J connectivity index is 1.84. The number of nitrogens with one attached hydrogen (secondary N) is 1. The number of carbonyl (C=O) groups excluding carboxylic acids is 3. The fourth-order valence-corrected chi connectivity index (χ4v) is 5.25. The summed E-state index contributed by atoms with van der Waals surface area (Å²) >= 11 is 2.50. The van der Waals surface area contributed by atoms with Gasteiger partial charge in [-0.2, -0.15) is 0 Å². The second-order valence-corrected chi connectivity index (χ2v) is 8.35. The number of carbonyl (C=O) groups is 4. The minimum absolute atomic E-state index is 0.182. The second kappa shape index (κ2) is 8.14. The number of thioether (sulfide) groups is 1. The predicted molar refractivity (Wildman–Crippen MR) is 104 cm³/mol. The molecule has 0 saturated carbocycles. The van der Waals surface area contributed by atoms with Gasteiger partial charge in [0.05, 0.1) is 0 Å². The van der Waals surface area contributed by atoms with Crippen molar-refractivity contribution in [3.8, 4) is 0 Å². The molecule has 0 aromatic carbocycles. The largest absolute Gasteiger partial charge is 0.477 e. The van der Waals surface area contributed by atoms with Gasteiger partial charge in [0.2, 0.25) is 5.91 Å². The lowest BCUT2D eigenvalue weighted by atomic mass is 9.97. The first kappa shape index (κ1) is 21.3. The number of nitrogens with two attached hydrogens (primary N) is 1. The lowest BCUT2D eigenvalue weighted by molar-refractivity contribution is -0.192. The summed E-state index contributed by atoms with van der Waals surface area (Å²) in [5, 5.41) is 13.1. The smallest absolute Gasteiger partial charge is 0.352 e. The molecule has 0 aliphatic carbocycles. The first-order valence-corrected chi connectivity index (χ1v) is 10.4. The molecule has 3 rings (SSSR count). The molecule has 1 aromatic rings. The number of aliphatic carboxylic acids is 1. The number of ether oxygens (including phenoxy) is 2. The number of carboxylic acid groups (broad SMARTS) is 1. The molecule has 3 heterocycles. The molecule has 2 amide bonds. The van der Waals surface area contributed by atoms with E-state index in [0.717, 1.165) is 4.90 Å². The Morgan fingerprint density at radius 1 is 1.48 bits per heavy atom. The lowest BCUT2D eigenvalue weighted by Gasteiger charge is -2.55. The molecule has 1 fully saturated rings. The van der Waals surface area contributed by atoms with Crippen molar-refractivity contribution in [3.63, 3.8) is 0 Å². The van der Waals surface area contributed by atoms with Crippen LogP contribution in [0.25, 0.3) is 0 Å². The zero-order valence-electron chi connectivity index (χ0n) is 15.5. The fourth-order valence-electron chi connectivity index (χ4n) is 3.10. The molecule has 29 heavy (non-hydrogen) atoms. The van der Waals surface area contributed by atoms with Gasteiger partial charge >= 0.3 is 11.9 Å². The van der Waals surface area contributed by atoms with Gasteiger partial charge in [0.1, 0.15) is 23.7 Å². The minimum atomic E-state index is -1.73. The van der Waals surface area contributed by atoms with E-state index in [1.807, 2.05) is 0 Å². The number of thiophene rings is 1. The van der Waals surface area contributed by atoms with Gasteiger partial charge in [-0.1, -0.05) is 6.07 Å². The summed E-state index contributed by atoms with van der Waals surface area (Å²) in [6.45, 7) is 0.965. The van der Waals surface area contributed by atoms with Crippen molar-refractivity contribution in [2.75, 3.05) is 19.5 Å². The summed E-state index contributed by atoms with van der Waals surface area (Å²) in [7, 11) is 1.26. The number of rotatable bonds is 7. The number of β-lactam (4-membered cyclic amide) rings is 1. The van der Waals surface area contributed by atoms with E-state index >= 15 is 0 Å². The zero-order valence-corrected chi connectivity index (χ0v) is 17.2. The van der Waals surface area contributed by atoms with Crippen molar-refractivity contribution >= 4 is 46.9 Å². The maximum atomic E-state index is 12.9. The van der Waals surface area contributed by atoms with Gasteiger partial charge in [0, 0.05) is 30.2 Å².